The topological polar surface area (TPSA) is 70.3 Å². The Labute approximate surface area is 149 Å². The molecule has 0 radical (unpaired) electrons. The number of nitrogens with zero attached hydrogens (tertiary/aromatic N) is 3. The minimum absolute atomic E-state index is 0.242. The third-order valence-electron chi connectivity index (χ3n) is 3.84. The number of aliphatic imine (C=N–C) groups is 1. The van der Waals surface area contributed by atoms with Gasteiger partial charge in [-0.1, -0.05) is 12.2 Å². The summed E-state index contributed by atoms with van der Waals surface area (Å²) in [6, 6.07) is 3.85. The maximum absolute atomic E-state index is 11.8. The molecule has 0 aliphatic carbocycles. The van der Waals surface area contributed by atoms with Gasteiger partial charge in [0.05, 0.1) is 19.4 Å². The Morgan fingerprint density at radius 1 is 1.36 bits per heavy atom. The van der Waals surface area contributed by atoms with Crippen molar-refractivity contribution < 1.29 is 13.9 Å². The van der Waals surface area contributed by atoms with E-state index in [0.29, 0.717) is 26.2 Å². The largest absolute Gasteiger partial charge is 0.469 e. The van der Waals surface area contributed by atoms with Crippen LogP contribution in [0.2, 0.25) is 0 Å². The fourth-order valence-corrected chi connectivity index (χ4v) is 2.55. The second-order valence-corrected chi connectivity index (χ2v) is 6.03. The van der Waals surface area contributed by atoms with Gasteiger partial charge in [0.1, 0.15) is 5.76 Å². The Bertz CT molecular complexity index is 575. The van der Waals surface area contributed by atoms with Crippen molar-refractivity contribution in [2.75, 3.05) is 45.9 Å². The highest BCUT2D eigenvalue weighted by atomic mass is 16.6. The van der Waals surface area contributed by atoms with Gasteiger partial charge in [0, 0.05) is 39.1 Å². The molecule has 7 nitrogen and oxygen atoms in total. The van der Waals surface area contributed by atoms with Gasteiger partial charge in [-0.2, -0.15) is 0 Å². The van der Waals surface area contributed by atoms with E-state index in [1.54, 1.807) is 11.2 Å². The number of carbonyl (C=O) groups excluding carboxylic acids is 1. The first-order valence-corrected chi connectivity index (χ1v) is 8.72. The lowest BCUT2D eigenvalue weighted by atomic mass is 10.3. The van der Waals surface area contributed by atoms with Gasteiger partial charge in [0.25, 0.3) is 0 Å². The Morgan fingerprint density at radius 3 is 2.68 bits per heavy atom. The highest BCUT2D eigenvalue weighted by Gasteiger charge is 2.23. The molecule has 1 aromatic heterocycles. The van der Waals surface area contributed by atoms with Crippen LogP contribution in [-0.4, -0.2) is 67.7 Å². The number of nitrogens with one attached hydrogen (secondary N) is 1. The molecule has 2 heterocycles. The first-order valence-electron chi connectivity index (χ1n) is 8.72. The molecule has 1 aromatic rings. The number of furan rings is 1. The lowest BCUT2D eigenvalue weighted by Crippen LogP contribution is -2.54. The zero-order valence-electron chi connectivity index (χ0n) is 15.2. The number of hydrogen-bond acceptors (Lipinski definition) is 4. The van der Waals surface area contributed by atoms with Gasteiger partial charge < -0.3 is 24.3 Å². The number of hydrogen-bond donors (Lipinski definition) is 1. The van der Waals surface area contributed by atoms with Crippen LogP contribution in [0.4, 0.5) is 4.79 Å². The molecule has 1 saturated heterocycles. The summed E-state index contributed by atoms with van der Waals surface area (Å²) in [4.78, 5) is 20.4. The molecule has 1 amide bonds. The van der Waals surface area contributed by atoms with Crippen molar-refractivity contribution >= 4 is 12.1 Å². The van der Waals surface area contributed by atoms with Gasteiger partial charge in [-0.05, 0) is 26.0 Å². The summed E-state index contributed by atoms with van der Waals surface area (Å²) in [6.45, 7) is 12.1. The molecule has 1 N–H and O–H groups in total. The second-order valence-electron chi connectivity index (χ2n) is 6.03. The summed E-state index contributed by atoms with van der Waals surface area (Å²) in [5.74, 6) is 1.79. The van der Waals surface area contributed by atoms with E-state index in [9.17, 15) is 4.79 Å². The average molecular weight is 348 g/mol. The molecule has 1 aliphatic rings. The fraction of sp³-hybridized carbons (Fsp3) is 0.556. The van der Waals surface area contributed by atoms with Crippen LogP contribution in [0.25, 0.3) is 0 Å². The maximum atomic E-state index is 11.8. The molecule has 0 aromatic carbocycles. The summed E-state index contributed by atoms with van der Waals surface area (Å²) in [7, 11) is 0. The lowest BCUT2D eigenvalue weighted by Gasteiger charge is -2.36. The fourth-order valence-electron chi connectivity index (χ4n) is 2.55. The Hall–Kier alpha value is -2.44. The van der Waals surface area contributed by atoms with Gasteiger partial charge in [-0.25, -0.2) is 9.79 Å². The normalized spacial score (nSPS) is 15.2. The van der Waals surface area contributed by atoms with Gasteiger partial charge in [-0.3, -0.25) is 0 Å². The van der Waals surface area contributed by atoms with Crippen LogP contribution in [0.1, 0.15) is 19.6 Å². The van der Waals surface area contributed by atoms with Crippen molar-refractivity contribution in [1.82, 2.24) is 15.1 Å². The minimum Gasteiger partial charge on any atom is -0.469 e. The summed E-state index contributed by atoms with van der Waals surface area (Å²) < 4.78 is 10.4. The van der Waals surface area contributed by atoms with Crippen molar-refractivity contribution in [2.24, 2.45) is 4.99 Å². The lowest BCUT2D eigenvalue weighted by molar-refractivity contribution is 0.0914. The van der Waals surface area contributed by atoms with E-state index in [-0.39, 0.29) is 6.09 Å². The Morgan fingerprint density at radius 2 is 2.08 bits per heavy atom. The first kappa shape index (κ1) is 18.9. The summed E-state index contributed by atoms with van der Waals surface area (Å²) in [6.07, 6.45) is 2.23. The van der Waals surface area contributed by atoms with Crippen LogP contribution in [0.15, 0.2) is 40.0 Å². The summed E-state index contributed by atoms with van der Waals surface area (Å²) >= 11 is 0. The highest BCUT2D eigenvalue weighted by Crippen LogP contribution is 2.06. The zero-order valence-corrected chi connectivity index (χ0v) is 15.2. The Kier molecular flexibility index (Phi) is 7.37. The number of guanidine groups is 1. The van der Waals surface area contributed by atoms with E-state index in [1.165, 1.54) is 0 Å². The number of piperazine rings is 1. The number of amides is 1. The molecule has 0 bridgehead atoms. The molecular weight excluding hydrogens is 320 g/mol. The van der Waals surface area contributed by atoms with Gasteiger partial charge in [-0.15, -0.1) is 0 Å². The SMILES string of the molecule is C=C(C)CN=C(NCCc1ccco1)N1CCN(C(=O)OCC)CC1. The number of ether oxygens (including phenoxy) is 1. The summed E-state index contributed by atoms with van der Waals surface area (Å²) in [5, 5.41) is 3.39. The van der Waals surface area contributed by atoms with E-state index >= 15 is 0 Å². The third-order valence-corrected chi connectivity index (χ3v) is 3.84. The minimum atomic E-state index is -0.242. The van der Waals surface area contributed by atoms with Crippen molar-refractivity contribution in [3.8, 4) is 0 Å². The van der Waals surface area contributed by atoms with Crippen molar-refractivity contribution in [3.05, 3.63) is 36.3 Å². The highest BCUT2D eigenvalue weighted by molar-refractivity contribution is 5.80. The van der Waals surface area contributed by atoms with Crippen LogP contribution in [-0.2, 0) is 11.2 Å². The summed E-state index contributed by atoms with van der Waals surface area (Å²) in [5.41, 5.74) is 1.01. The number of carbonyl (C=O) groups is 1. The van der Waals surface area contributed by atoms with Gasteiger partial charge in [0.2, 0.25) is 0 Å². The van der Waals surface area contributed by atoms with Crippen molar-refractivity contribution in [2.45, 2.75) is 20.3 Å². The van der Waals surface area contributed by atoms with Gasteiger partial charge >= 0.3 is 6.09 Å². The molecule has 0 spiro atoms. The molecule has 0 atom stereocenters. The maximum Gasteiger partial charge on any atom is 0.409 e. The average Bonchev–Trinajstić information content (AvgIpc) is 3.11. The van der Waals surface area contributed by atoms with Crippen molar-refractivity contribution in [3.63, 3.8) is 0 Å². The van der Waals surface area contributed by atoms with Crippen LogP contribution in [0, 0.1) is 0 Å². The van der Waals surface area contributed by atoms with Gasteiger partial charge in [0.15, 0.2) is 5.96 Å². The molecule has 0 saturated carbocycles. The van der Waals surface area contributed by atoms with Crippen LogP contribution in [0.5, 0.6) is 0 Å². The molecule has 25 heavy (non-hydrogen) atoms. The number of rotatable bonds is 6. The quantitative estimate of drug-likeness (QED) is 0.484. The predicted molar refractivity (Wildman–Crippen MR) is 97.7 cm³/mol. The van der Waals surface area contributed by atoms with Crippen LogP contribution in [0.3, 0.4) is 0 Å². The van der Waals surface area contributed by atoms with E-state index < -0.39 is 0 Å². The molecule has 7 heteroatoms. The first-order chi connectivity index (χ1) is 12.1. The smallest absolute Gasteiger partial charge is 0.409 e. The molecule has 1 aliphatic heterocycles. The van der Waals surface area contributed by atoms with E-state index in [0.717, 1.165) is 43.3 Å². The van der Waals surface area contributed by atoms with Crippen LogP contribution >= 0.6 is 0 Å². The zero-order chi connectivity index (χ0) is 18.1. The Balaban J connectivity index is 1.88. The molecule has 2 rings (SSSR count). The standard InChI is InChI=1S/C18H28N4O3/c1-4-24-18(23)22-11-9-21(10-12-22)17(20-14-15(2)3)19-8-7-16-6-5-13-25-16/h5-6,13H,2,4,7-12,14H2,1,3H3,(H,19,20). The molecule has 1 fully saturated rings. The van der Waals surface area contributed by atoms with E-state index in [4.69, 9.17) is 9.15 Å². The second kappa shape index (κ2) is 9.76. The van der Waals surface area contributed by atoms with E-state index in [1.807, 2.05) is 26.0 Å². The predicted octanol–water partition coefficient (Wildman–Crippen LogP) is 2.12. The molecular formula is C18H28N4O3. The molecule has 0 unspecified atom stereocenters. The van der Waals surface area contributed by atoms with Crippen LogP contribution < -0.4 is 5.32 Å². The molecule has 138 valence electrons. The third kappa shape index (κ3) is 6.17. The monoisotopic (exact) mass is 348 g/mol. The van der Waals surface area contributed by atoms with Crippen molar-refractivity contribution in [1.29, 1.82) is 0 Å². The van der Waals surface area contributed by atoms with E-state index in [2.05, 4.69) is 21.8 Å².